The molecule has 0 N–H and O–H groups in total. The van der Waals surface area contributed by atoms with Crippen molar-refractivity contribution < 1.29 is 0 Å². The molecule has 0 aromatic carbocycles. The van der Waals surface area contributed by atoms with Crippen molar-refractivity contribution >= 4 is 11.8 Å². The van der Waals surface area contributed by atoms with Crippen molar-refractivity contribution in [1.82, 2.24) is 39.3 Å². The van der Waals surface area contributed by atoms with Crippen molar-refractivity contribution in [3.63, 3.8) is 0 Å². The second kappa shape index (κ2) is 5.68. The van der Waals surface area contributed by atoms with E-state index in [2.05, 4.69) is 30.1 Å². The molecule has 0 fully saturated rings. The number of tetrazole rings is 1. The minimum atomic E-state index is 0.811. The van der Waals surface area contributed by atoms with Crippen LogP contribution in [0.1, 0.15) is 5.82 Å². The number of aromatic nitrogens is 8. The van der Waals surface area contributed by atoms with Gasteiger partial charge in [0.1, 0.15) is 11.5 Å². The summed E-state index contributed by atoms with van der Waals surface area (Å²) in [5.74, 6) is 2.72. The van der Waals surface area contributed by atoms with E-state index in [9.17, 15) is 0 Å². The number of rotatable bonds is 5. The molecule has 0 aliphatic heterocycles. The Hall–Kier alpha value is -2.16. The number of hydrogen-bond donors (Lipinski definition) is 0. The van der Waals surface area contributed by atoms with E-state index in [1.165, 1.54) is 0 Å². The van der Waals surface area contributed by atoms with Crippen molar-refractivity contribution in [3.05, 3.63) is 24.4 Å². The van der Waals surface area contributed by atoms with Crippen LogP contribution in [0.5, 0.6) is 0 Å². The van der Waals surface area contributed by atoms with E-state index in [-0.39, 0.29) is 0 Å². The molecule has 3 aromatic heterocycles. The van der Waals surface area contributed by atoms with E-state index in [1.807, 2.05) is 38.0 Å². The predicted molar refractivity (Wildman–Crippen MR) is 78.7 cm³/mol. The van der Waals surface area contributed by atoms with Gasteiger partial charge in [0, 0.05) is 45.0 Å². The van der Waals surface area contributed by atoms with Gasteiger partial charge in [-0.3, -0.25) is 0 Å². The molecule has 21 heavy (non-hydrogen) atoms. The summed E-state index contributed by atoms with van der Waals surface area (Å²) in [5, 5.41) is 12.2. The van der Waals surface area contributed by atoms with Crippen molar-refractivity contribution in [2.75, 3.05) is 5.75 Å². The Morgan fingerprint density at radius 2 is 2.14 bits per heavy atom. The summed E-state index contributed by atoms with van der Waals surface area (Å²) < 4.78 is 5.76. The third-order valence-electron chi connectivity index (χ3n) is 3.20. The van der Waals surface area contributed by atoms with E-state index < -0.39 is 0 Å². The molecule has 3 heterocycles. The summed E-state index contributed by atoms with van der Waals surface area (Å²) in [6.45, 7) is 2.80. The lowest BCUT2D eigenvalue weighted by Crippen LogP contribution is -2.03. The van der Waals surface area contributed by atoms with Crippen molar-refractivity contribution in [2.45, 2.75) is 18.6 Å². The second-order valence-corrected chi connectivity index (χ2v) is 5.72. The van der Waals surface area contributed by atoms with Crippen LogP contribution in [0.2, 0.25) is 0 Å². The molecule has 8 nitrogen and oxygen atoms in total. The van der Waals surface area contributed by atoms with E-state index in [1.54, 1.807) is 22.6 Å². The molecule has 0 bridgehead atoms. The van der Waals surface area contributed by atoms with Gasteiger partial charge in [-0.05, 0) is 17.4 Å². The molecular weight excluding hydrogens is 288 g/mol. The van der Waals surface area contributed by atoms with Crippen LogP contribution < -0.4 is 0 Å². The first-order valence-electron chi connectivity index (χ1n) is 6.52. The highest BCUT2D eigenvalue weighted by Crippen LogP contribution is 2.18. The Balaban J connectivity index is 1.70. The van der Waals surface area contributed by atoms with E-state index in [0.717, 1.165) is 34.8 Å². The van der Waals surface area contributed by atoms with Crippen LogP contribution in [0.4, 0.5) is 0 Å². The number of aryl methyl sites for hydroxylation is 4. The Morgan fingerprint density at radius 1 is 1.29 bits per heavy atom. The Bertz CT molecular complexity index is 721. The number of imidazole rings is 2. The zero-order valence-corrected chi connectivity index (χ0v) is 12.9. The fourth-order valence-electron chi connectivity index (χ4n) is 1.97. The summed E-state index contributed by atoms with van der Waals surface area (Å²) >= 11 is 1.62. The van der Waals surface area contributed by atoms with Gasteiger partial charge in [-0.25, -0.2) is 14.6 Å². The molecule has 0 aliphatic rings. The third-order valence-corrected chi connectivity index (χ3v) is 4.19. The van der Waals surface area contributed by atoms with Gasteiger partial charge >= 0.3 is 0 Å². The highest BCUT2D eigenvalue weighted by Gasteiger charge is 2.11. The van der Waals surface area contributed by atoms with E-state index in [4.69, 9.17) is 0 Å². The van der Waals surface area contributed by atoms with Gasteiger partial charge in [0.05, 0.1) is 0 Å². The van der Waals surface area contributed by atoms with Crippen LogP contribution in [0.25, 0.3) is 11.5 Å². The lowest BCUT2D eigenvalue weighted by atomic mass is 10.4. The van der Waals surface area contributed by atoms with Gasteiger partial charge in [-0.15, -0.1) is 5.10 Å². The molecule has 3 aromatic rings. The first-order valence-corrected chi connectivity index (χ1v) is 7.50. The average molecular weight is 304 g/mol. The molecule has 0 spiro atoms. The van der Waals surface area contributed by atoms with Crippen LogP contribution in [-0.2, 0) is 20.6 Å². The van der Waals surface area contributed by atoms with Gasteiger partial charge in [-0.2, -0.15) is 0 Å². The topological polar surface area (TPSA) is 79.2 Å². The van der Waals surface area contributed by atoms with Crippen LogP contribution in [0.3, 0.4) is 0 Å². The molecule has 0 unspecified atom stereocenters. The largest absolute Gasteiger partial charge is 0.337 e. The maximum atomic E-state index is 4.52. The normalized spacial score (nSPS) is 11.2. The summed E-state index contributed by atoms with van der Waals surface area (Å²) in [7, 11) is 3.82. The summed E-state index contributed by atoms with van der Waals surface area (Å²) in [5.41, 5.74) is 0.894. The highest BCUT2D eigenvalue weighted by atomic mass is 32.2. The molecule has 9 heteroatoms. The van der Waals surface area contributed by atoms with Gasteiger partial charge in [0.15, 0.2) is 5.82 Å². The molecule has 0 amide bonds. The highest BCUT2D eigenvalue weighted by molar-refractivity contribution is 7.99. The first-order chi connectivity index (χ1) is 10.1. The van der Waals surface area contributed by atoms with Crippen LogP contribution in [0, 0.1) is 6.92 Å². The second-order valence-electron chi connectivity index (χ2n) is 4.66. The smallest absolute Gasteiger partial charge is 0.209 e. The monoisotopic (exact) mass is 304 g/mol. The minimum absolute atomic E-state index is 0.811. The minimum Gasteiger partial charge on any atom is -0.337 e. The molecule has 3 rings (SSSR count). The molecule has 110 valence electrons. The zero-order chi connectivity index (χ0) is 14.8. The Kier molecular flexibility index (Phi) is 3.74. The zero-order valence-electron chi connectivity index (χ0n) is 12.1. The first kappa shape index (κ1) is 13.8. The molecule has 0 saturated heterocycles. The van der Waals surface area contributed by atoms with Gasteiger partial charge < -0.3 is 9.13 Å². The van der Waals surface area contributed by atoms with Gasteiger partial charge in [0.25, 0.3) is 0 Å². The van der Waals surface area contributed by atoms with Crippen molar-refractivity contribution in [1.29, 1.82) is 0 Å². The summed E-state index contributed by atoms with van der Waals surface area (Å²) in [6, 6.07) is 0. The van der Waals surface area contributed by atoms with Crippen molar-refractivity contribution in [3.8, 4) is 11.5 Å². The maximum Gasteiger partial charge on any atom is 0.209 e. The lowest BCUT2D eigenvalue weighted by Gasteiger charge is -2.05. The maximum absolute atomic E-state index is 4.52. The fourth-order valence-corrected chi connectivity index (χ4v) is 2.76. The van der Waals surface area contributed by atoms with Crippen LogP contribution in [-0.4, -0.2) is 45.1 Å². The summed E-state index contributed by atoms with van der Waals surface area (Å²) in [6.07, 6.45) is 5.76. The third kappa shape index (κ3) is 2.82. The number of nitrogens with zero attached hydrogens (tertiary/aromatic N) is 8. The molecular formula is C12H16N8S. The van der Waals surface area contributed by atoms with Crippen LogP contribution >= 0.6 is 11.8 Å². The summed E-state index contributed by atoms with van der Waals surface area (Å²) in [4.78, 5) is 8.93. The van der Waals surface area contributed by atoms with Gasteiger partial charge in [0.2, 0.25) is 5.16 Å². The average Bonchev–Trinajstić information content (AvgIpc) is 3.14. The van der Waals surface area contributed by atoms with E-state index in [0.29, 0.717) is 0 Å². The molecule has 0 aliphatic carbocycles. The Labute approximate surface area is 126 Å². The van der Waals surface area contributed by atoms with Crippen molar-refractivity contribution in [2.24, 2.45) is 14.1 Å². The lowest BCUT2D eigenvalue weighted by molar-refractivity contribution is 0.663. The molecule has 0 saturated carbocycles. The van der Waals surface area contributed by atoms with Gasteiger partial charge in [-0.1, -0.05) is 11.8 Å². The Morgan fingerprint density at radius 3 is 2.81 bits per heavy atom. The quantitative estimate of drug-likeness (QED) is 0.652. The fraction of sp³-hybridized carbons (Fsp3) is 0.417. The molecule has 0 atom stereocenters. The standard InChI is InChI=1S/C12H16N8S/c1-9-14-10(8-18(9)2)11-13-4-5-20(11)6-7-21-12-15-16-17-19(12)3/h4-5,8H,6-7H2,1-3H3. The molecule has 0 radical (unpaired) electrons. The number of hydrogen-bond acceptors (Lipinski definition) is 6. The number of thioether (sulfide) groups is 1. The predicted octanol–water partition coefficient (Wildman–Crippen LogP) is 0.908. The van der Waals surface area contributed by atoms with Crippen LogP contribution in [0.15, 0.2) is 23.7 Å². The van der Waals surface area contributed by atoms with E-state index >= 15 is 0 Å². The SMILES string of the molecule is Cc1nc(-c2nccn2CCSc2nnnn2C)cn1C.